The number of fused-ring (bicyclic) bond motifs is 2. The van der Waals surface area contributed by atoms with Crippen LogP contribution in [0.5, 0.6) is 0 Å². The Morgan fingerprint density at radius 2 is 1.96 bits per heavy atom. The van der Waals surface area contributed by atoms with E-state index in [1.54, 1.807) is 4.68 Å². The molecule has 0 fully saturated rings. The van der Waals surface area contributed by atoms with Gasteiger partial charge in [0.1, 0.15) is 5.65 Å². The molecule has 6 nitrogen and oxygen atoms in total. The molecule has 1 amide bonds. The first-order chi connectivity index (χ1) is 13.4. The van der Waals surface area contributed by atoms with Crippen molar-refractivity contribution in [2.45, 2.75) is 19.3 Å². The lowest BCUT2D eigenvalue weighted by molar-refractivity contribution is 0.0930. The monoisotopic (exact) mass is 371 g/mol. The molecule has 0 saturated heterocycles. The molecule has 28 heavy (non-hydrogen) atoms. The number of nitrogens with zero attached hydrogens (tertiary/aromatic N) is 3. The third-order valence-electron chi connectivity index (χ3n) is 5.53. The van der Waals surface area contributed by atoms with Crippen molar-refractivity contribution in [2.24, 2.45) is 7.05 Å². The molecule has 2 N–H and O–H groups in total. The van der Waals surface area contributed by atoms with Crippen molar-refractivity contribution in [1.29, 1.82) is 0 Å². The third kappa shape index (κ3) is 2.52. The lowest BCUT2D eigenvalue weighted by Crippen LogP contribution is -2.43. The number of rotatable bonds is 2. The fourth-order valence-electron chi connectivity index (χ4n) is 3.92. The molecule has 3 aromatic heterocycles. The van der Waals surface area contributed by atoms with Crippen molar-refractivity contribution in [1.82, 2.24) is 25.1 Å². The third-order valence-corrected chi connectivity index (χ3v) is 5.53. The number of aromatic nitrogens is 4. The van der Waals surface area contributed by atoms with Gasteiger partial charge in [0.15, 0.2) is 0 Å². The Morgan fingerprint density at radius 1 is 1.11 bits per heavy atom. The molecular weight excluding hydrogens is 350 g/mol. The minimum atomic E-state index is -0.100. The lowest BCUT2D eigenvalue weighted by Gasteiger charge is -2.32. The predicted octanol–water partition coefficient (Wildman–Crippen LogP) is 3.65. The molecule has 4 heterocycles. The minimum Gasteiger partial charge on any atom is -0.351 e. The number of carbonyl (C=O) groups is 1. The fraction of sp³-hybridized carbons (Fsp3) is 0.227. The fourth-order valence-corrected chi connectivity index (χ4v) is 3.92. The van der Waals surface area contributed by atoms with Gasteiger partial charge in [0.2, 0.25) is 0 Å². The quantitative estimate of drug-likeness (QED) is 0.565. The number of H-pyrrole nitrogens is 1. The molecule has 0 aliphatic carbocycles. The summed E-state index contributed by atoms with van der Waals surface area (Å²) in [6.07, 6.45) is 5.76. The number of carbonyl (C=O) groups excluding carboxylic acids is 1. The highest BCUT2D eigenvalue weighted by Crippen LogP contribution is 2.35. The van der Waals surface area contributed by atoms with E-state index >= 15 is 0 Å². The number of hydrogen-bond donors (Lipinski definition) is 2. The Bertz CT molecular complexity index is 1230. The Labute approximate surface area is 162 Å². The molecule has 6 heteroatoms. The van der Waals surface area contributed by atoms with Crippen molar-refractivity contribution in [3.63, 3.8) is 0 Å². The van der Waals surface area contributed by atoms with Crippen LogP contribution < -0.4 is 5.32 Å². The molecule has 0 bridgehead atoms. The number of hydrogen-bond acceptors (Lipinski definition) is 3. The molecule has 1 aliphatic rings. The minimum absolute atomic E-state index is 0.00239. The maximum Gasteiger partial charge on any atom is 0.251 e. The lowest BCUT2D eigenvalue weighted by atomic mass is 9.78. The number of pyridine rings is 1. The van der Waals surface area contributed by atoms with Crippen molar-refractivity contribution in [3.05, 3.63) is 60.0 Å². The highest BCUT2D eigenvalue weighted by molar-refractivity contribution is 6.00. The molecule has 5 rings (SSSR count). The van der Waals surface area contributed by atoms with Gasteiger partial charge in [0.05, 0.1) is 11.9 Å². The van der Waals surface area contributed by atoms with Gasteiger partial charge in [-0.25, -0.2) is 4.98 Å². The van der Waals surface area contributed by atoms with Gasteiger partial charge in [-0.1, -0.05) is 19.9 Å². The molecule has 0 radical (unpaired) electrons. The van der Waals surface area contributed by atoms with Gasteiger partial charge >= 0.3 is 0 Å². The van der Waals surface area contributed by atoms with E-state index < -0.39 is 0 Å². The Kier molecular flexibility index (Phi) is 3.46. The number of aryl methyl sites for hydroxylation is 1. The van der Waals surface area contributed by atoms with Gasteiger partial charge in [-0.3, -0.25) is 9.48 Å². The SMILES string of the molecule is Cn1cc(-c2ccc3c(-c4ccc5c(c4)C(C)(C)CNC5=O)c[nH]c3n2)cn1. The number of nitrogens with one attached hydrogen (secondary N) is 2. The van der Waals surface area contributed by atoms with Crippen LogP contribution in [0.15, 0.2) is 48.9 Å². The highest BCUT2D eigenvalue weighted by Gasteiger charge is 2.31. The zero-order chi connectivity index (χ0) is 19.5. The van der Waals surface area contributed by atoms with Crippen molar-refractivity contribution in [2.75, 3.05) is 6.54 Å². The molecule has 140 valence electrons. The van der Waals surface area contributed by atoms with Gasteiger partial charge in [0, 0.05) is 53.5 Å². The summed E-state index contributed by atoms with van der Waals surface area (Å²) in [5.41, 5.74) is 6.63. The largest absolute Gasteiger partial charge is 0.351 e. The van der Waals surface area contributed by atoms with Crippen molar-refractivity contribution < 1.29 is 4.79 Å². The van der Waals surface area contributed by atoms with Crippen LogP contribution in [0.1, 0.15) is 29.8 Å². The Morgan fingerprint density at radius 3 is 2.75 bits per heavy atom. The number of aromatic amines is 1. The van der Waals surface area contributed by atoms with Crippen LogP contribution >= 0.6 is 0 Å². The first-order valence-corrected chi connectivity index (χ1v) is 9.33. The molecule has 1 aliphatic heterocycles. The second kappa shape index (κ2) is 5.79. The Hall–Kier alpha value is -3.41. The smallest absolute Gasteiger partial charge is 0.251 e. The summed E-state index contributed by atoms with van der Waals surface area (Å²) in [4.78, 5) is 20.3. The zero-order valence-electron chi connectivity index (χ0n) is 16.1. The van der Waals surface area contributed by atoms with E-state index in [-0.39, 0.29) is 11.3 Å². The van der Waals surface area contributed by atoms with E-state index in [9.17, 15) is 4.79 Å². The number of benzene rings is 1. The summed E-state index contributed by atoms with van der Waals surface area (Å²) < 4.78 is 1.77. The van der Waals surface area contributed by atoms with Crippen molar-refractivity contribution in [3.8, 4) is 22.4 Å². The normalized spacial score (nSPS) is 15.5. The van der Waals surface area contributed by atoms with Gasteiger partial charge in [-0.15, -0.1) is 0 Å². The number of amides is 1. The summed E-state index contributed by atoms with van der Waals surface area (Å²) in [5.74, 6) is 0.00239. The van der Waals surface area contributed by atoms with Gasteiger partial charge in [-0.05, 0) is 35.4 Å². The second-order valence-electron chi connectivity index (χ2n) is 8.02. The maximum atomic E-state index is 12.2. The average molecular weight is 371 g/mol. The first-order valence-electron chi connectivity index (χ1n) is 9.33. The van der Waals surface area contributed by atoms with Crippen LogP contribution in [0.2, 0.25) is 0 Å². The van der Waals surface area contributed by atoms with E-state index in [1.807, 2.05) is 43.8 Å². The van der Waals surface area contributed by atoms with Gasteiger partial charge in [-0.2, -0.15) is 5.10 Å². The summed E-state index contributed by atoms with van der Waals surface area (Å²) in [7, 11) is 1.90. The molecule has 1 aromatic carbocycles. The van der Waals surface area contributed by atoms with Crippen LogP contribution in [0, 0.1) is 0 Å². The molecule has 0 saturated carbocycles. The van der Waals surface area contributed by atoms with Gasteiger partial charge < -0.3 is 10.3 Å². The first kappa shape index (κ1) is 16.7. The second-order valence-corrected chi connectivity index (χ2v) is 8.02. The summed E-state index contributed by atoms with van der Waals surface area (Å²) in [6.45, 7) is 4.96. The zero-order valence-corrected chi connectivity index (χ0v) is 16.1. The molecule has 4 aromatic rings. The van der Waals surface area contributed by atoms with E-state index in [2.05, 4.69) is 41.4 Å². The Balaban J connectivity index is 1.61. The van der Waals surface area contributed by atoms with Crippen LogP contribution in [-0.4, -0.2) is 32.2 Å². The van der Waals surface area contributed by atoms with E-state index in [1.165, 1.54) is 0 Å². The van der Waals surface area contributed by atoms with Crippen LogP contribution in [-0.2, 0) is 12.5 Å². The van der Waals surface area contributed by atoms with Gasteiger partial charge in [0.25, 0.3) is 5.91 Å². The standard InChI is InChI=1S/C22H21N5O/c1-22(2)12-24-21(28)16-5-4-13(8-18(16)22)17-10-23-20-15(17)6-7-19(26-20)14-9-25-27(3)11-14/h4-11H,12H2,1-3H3,(H,23,26)(H,24,28). The average Bonchev–Trinajstić information content (AvgIpc) is 3.30. The highest BCUT2D eigenvalue weighted by atomic mass is 16.1. The van der Waals surface area contributed by atoms with E-state index in [4.69, 9.17) is 4.98 Å². The van der Waals surface area contributed by atoms with Crippen LogP contribution in [0.25, 0.3) is 33.4 Å². The van der Waals surface area contributed by atoms with E-state index in [0.29, 0.717) is 6.54 Å². The molecule has 0 unspecified atom stereocenters. The topological polar surface area (TPSA) is 75.6 Å². The maximum absolute atomic E-state index is 12.2. The van der Waals surface area contributed by atoms with Crippen molar-refractivity contribution >= 4 is 16.9 Å². The summed E-state index contributed by atoms with van der Waals surface area (Å²) in [5, 5.41) is 8.25. The summed E-state index contributed by atoms with van der Waals surface area (Å²) >= 11 is 0. The molecule has 0 atom stereocenters. The van der Waals surface area contributed by atoms with E-state index in [0.717, 1.165) is 44.5 Å². The van der Waals surface area contributed by atoms with Crippen LogP contribution in [0.3, 0.4) is 0 Å². The summed E-state index contributed by atoms with van der Waals surface area (Å²) in [6, 6.07) is 10.2. The van der Waals surface area contributed by atoms with Crippen LogP contribution in [0.4, 0.5) is 0 Å². The molecule has 0 spiro atoms. The predicted molar refractivity (Wildman–Crippen MR) is 109 cm³/mol. The molecular formula is C22H21N5O.